The van der Waals surface area contributed by atoms with Crippen LogP contribution >= 0.6 is 0 Å². The molecule has 3 unspecified atom stereocenters. The van der Waals surface area contributed by atoms with Crippen molar-refractivity contribution in [1.29, 1.82) is 0 Å². The van der Waals surface area contributed by atoms with E-state index in [1.54, 1.807) is 30.3 Å². The number of rotatable bonds is 17. The van der Waals surface area contributed by atoms with Crippen molar-refractivity contribution < 1.29 is 39.5 Å². The van der Waals surface area contributed by atoms with E-state index in [4.69, 9.17) is 25.2 Å². The van der Waals surface area contributed by atoms with Gasteiger partial charge in [0, 0.05) is 50.0 Å². The lowest BCUT2D eigenvalue weighted by Gasteiger charge is -2.39. The van der Waals surface area contributed by atoms with Crippen LogP contribution in [-0.2, 0) is 35.6 Å². The van der Waals surface area contributed by atoms with Gasteiger partial charge in [0.05, 0.1) is 23.3 Å². The minimum atomic E-state index is -1.65. The number of nitrogens with zero attached hydrogens (tertiary/aromatic N) is 4. The molecule has 3 aromatic carbocycles. The minimum absolute atomic E-state index is 0.0347. The Balaban J connectivity index is 1.36. The summed E-state index contributed by atoms with van der Waals surface area (Å²) >= 11 is 0. The molecule has 2 aromatic heterocycles. The Morgan fingerprint density at radius 3 is 2.45 bits per heavy atom. The lowest BCUT2D eigenvalue weighted by Crippen LogP contribution is -2.60. The van der Waals surface area contributed by atoms with E-state index in [1.165, 1.54) is 5.56 Å². The number of hydrogen-bond acceptors (Lipinski definition) is 13. The van der Waals surface area contributed by atoms with Crippen molar-refractivity contribution in [2.45, 2.75) is 82.9 Å². The molecule has 1 amide bonds. The third-order valence-electron chi connectivity index (χ3n) is 9.77. The van der Waals surface area contributed by atoms with Crippen LogP contribution in [0.5, 0.6) is 5.75 Å². The van der Waals surface area contributed by atoms with Crippen molar-refractivity contribution in [1.82, 2.24) is 19.4 Å². The number of ether oxygens (including phenoxy) is 2. The Bertz CT molecular complexity index is 2140. The van der Waals surface area contributed by atoms with E-state index in [9.17, 15) is 30.0 Å². The van der Waals surface area contributed by atoms with Crippen molar-refractivity contribution in [3.8, 4) is 5.75 Å². The largest absolute Gasteiger partial charge is 0.460 e. The summed E-state index contributed by atoms with van der Waals surface area (Å²) in [6, 6.07) is 19.1. The summed E-state index contributed by atoms with van der Waals surface area (Å²) in [7, 11) is 4.09. The number of anilines is 2. The van der Waals surface area contributed by atoms with Crippen molar-refractivity contribution in [2.24, 2.45) is 5.73 Å². The van der Waals surface area contributed by atoms with E-state index >= 15 is 0 Å². The predicted octanol–water partition coefficient (Wildman–Crippen LogP) is 2.93. The molecule has 6 rings (SSSR count). The smallest absolute Gasteiger partial charge is 0.229 e. The number of aryl methyl sites for hydroxylation is 1. The standard InChI is InChI=1S/C41H51N7O8/c1-4-5-6-33-46-35-36(48(33)21-25-9-7-24(8-10-25)20-47(2)3)28-13-11-27(22-49)18-29(28)45-40(35)43-19-26-12-14-31(30(17-26)44-34(51)15-16-42)55-41-39(54)38(53)37(52)32(23-50)56-41/h7-14,17-18,22,32,37-39,41,50,52-54H,4-6,15-16,19-21,23,42H2,1-3H3,(H,43,45)(H,44,51)/t32?,37-,38?,39?,41+/m1/s1. The number of unbranched alkanes of at least 4 members (excludes halogenated alkanes) is 1. The maximum Gasteiger partial charge on any atom is 0.229 e. The second kappa shape index (κ2) is 18.3. The van der Waals surface area contributed by atoms with Crippen molar-refractivity contribution >= 4 is 45.6 Å². The molecule has 8 N–H and O–H groups in total. The van der Waals surface area contributed by atoms with Gasteiger partial charge in [0.25, 0.3) is 0 Å². The average Bonchev–Trinajstić information content (AvgIpc) is 3.55. The van der Waals surface area contributed by atoms with Crippen molar-refractivity contribution in [3.63, 3.8) is 0 Å². The Morgan fingerprint density at radius 2 is 1.75 bits per heavy atom. The number of fused-ring (bicyclic) bond motifs is 3. The predicted molar refractivity (Wildman–Crippen MR) is 212 cm³/mol. The normalized spacial score (nSPS) is 19.8. The fraction of sp³-hybridized carbons (Fsp3) is 0.415. The zero-order valence-corrected chi connectivity index (χ0v) is 31.9. The van der Waals surface area contributed by atoms with Gasteiger partial charge in [-0.3, -0.25) is 9.59 Å². The number of carbonyl (C=O) groups is 2. The first-order valence-corrected chi connectivity index (χ1v) is 18.9. The first kappa shape index (κ1) is 40.7. The van der Waals surface area contributed by atoms with Crippen LogP contribution in [0.15, 0.2) is 60.7 Å². The number of pyridine rings is 1. The highest BCUT2D eigenvalue weighted by molar-refractivity contribution is 6.08. The Morgan fingerprint density at radius 1 is 1.00 bits per heavy atom. The lowest BCUT2D eigenvalue weighted by atomic mass is 9.99. The molecule has 298 valence electrons. The van der Waals surface area contributed by atoms with E-state index < -0.39 is 37.3 Å². The fourth-order valence-corrected chi connectivity index (χ4v) is 6.85. The fourth-order valence-electron chi connectivity index (χ4n) is 6.85. The number of nitrogens with one attached hydrogen (secondary N) is 2. The van der Waals surface area contributed by atoms with Gasteiger partial charge in [0.1, 0.15) is 47.8 Å². The van der Waals surface area contributed by atoms with Crippen molar-refractivity contribution in [3.05, 3.63) is 88.7 Å². The summed E-state index contributed by atoms with van der Waals surface area (Å²) in [6.45, 7) is 3.31. The summed E-state index contributed by atoms with van der Waals surface area (Å²) in [6.07, 6.45) is -3.94. The Labute approximate surface area is 325 Å². The second-order valence-electron chi connectivity index (χ2n) is 14.4. The highest BCUT2D eigenvalue weighted by Gasteiger charge is 2.45. The Kier molecular flexibility index (Phi) is 13.3. The molecule has 0 saturated carbocycles. The molecule has 1 aliphatic rings. The molecule has 3 heterocycles. The average molecular weight is 770 g/mol. The van der Waals surface area contributed by atoms with Crippen LogP contribution in [0, 0.1) is 0 Å². The summed E-state index contributed by atoms with van der Waals surface area (Å²) in [5.41, 5.74) is 11.7. The molecule has 15 nitrogen and oxygen atoms in total. The van der Waals surface area contributed by atoms with E-state index in [1.807, 2.05) is 20.2 Å². The van der Waals surface area contributed by atoms with Crippen LogP contribution in [0.2, 0.25) is 0 Å². The van der Waals surface area contributed by atoms with Crippen molar-refractivity contribution in [2.75, 3.05) is 37.9 Å². The van der Waals surface area contributed by atoms with Gasteiger partial charge < -0.3 is 55.7 Å². The van der Waals surface area contributed by atoms with Gasteiger partial charge in [-0.1, -0.05) is 49.7 Å². The quantitative estimate of drug-likeness (QED) is 0.0678. The highest BCUT2D eigenvalue weighted by atomic mass is 16.7. The molecule has 5 atom stereocenters. The van der Waals surface area contributed by atoms with Crippen LogP contribution in [0.4, 0.5) is 11.5 Å². The van der Waals surface area contributed by atoms with E-state index in [2.05, 4.69) is 51.3 Å². The lowest BCUT2D eigenvalue weighted by molar-refractivity contribution is -0.277. The molecule has 0 spiro atoms. The van der Waals surface area contributed by atoms with Gasteiger partial charge in [0.15, 0.2) is 5.82 Å². The molecule has 0 radical (unpaired) electrons. The van der Waals surface area contributed by atoms with Gasteiger partial charge in [-0.15, -0.1) is 0 Å². The number of aliphatic hydroxyl groups is 4. The van der Waals surface area contributed by atoms with Crippen LogP contribution in [0.25, 0.3) is 21.9 Å². The minimum Gasteiger partial charge on any atom is -0.460 e. The number of imidazole rings is 1. The second-order valence-corrected chi connectivity index (χ2v) is 14.4. The highest BCUT2D eigenvalue weighted by Crippen LogP contribution is 2.34. The molecule has 0 bridgehead atoms. The molecule has 15 heteroatoms. The summed E-state index contributed by atoms with van der Waals surface area (Å²) < 4.78 is 13.7. The monoisotopic (exact) mass is 769 g/mol. The third-order valence-corrected chi connectivity index (χ3v) is 9.77. The SMILES string of the molecule is CCCCc1nc2c(NCc3ccc(O[C@H]4OC(CO)[C@@H](O)C(O)C4O)c(NC(=O)CCN)c3)nc3cc(C=O)ccc3c2n1Cc1ccc(CN(C)C)cc1. The van der Waals surface area contributed by atoms with Gasteiger partial charge >= 0.3 is 0 Å². The van der Waals surface area contributed by atoms with Crippen LogP contribution < -0.4 is 21.1 Å². The van der Waals surface area contributed by atoms with Gasteiger partial charge in [0.2, 0.25) is 12.2 Å². The number of amides is 1. The summed E-state index contributed by atoms with van der Waals surface area (Å²) in [5, 5.41) is 47.9. The van der Waals surface area contributed by atoms with E-state index in [-0.39, 0.29) is 36.9 Å². The summed E-state index contributed by atoms with van der Waals surface area (Å²) in [4.78, 5) is 36.9. The molecule has 1 saturated heterocycles. The molecule has 0 aliphatic carbocycles. The van der Waals surface area contributed by atoms with E-state index in [0.717, 1.165) is 54.4 Å². The number of carbonyl (C=O) groups excluding carboxylic acids is 2. The first-order valence-electron chi connectivity index (χ1n) is 18.9. The first-order chi connectivity index (χ1) is 27.0. The number of aldehydes is 1. The number of nitrogens with two attached hydrogens (primary N) is 1. The maximum absolute atomic E-state index is 12.7. The molecular weight excluding hydrogens is 718 g/mol. The van der Waals surface area contributed by atoms with Crippen LogP contribution in [0.1, 0.15) is 59.1 Å². The Hall–Kier alpha value is -5.00. The zero-order valence-electron chi connectivity index (χ0n) is 31.9. The van der Waals surface area contributed by atoms with Crippen LogP contribution in [-0.4, -0.2) is 110 Å². The number of hydrogen-bond donors (Lipinski definition) is 7. The zero-order chi connectivity index (χ0) is 39.9. The number of benzene rings is 3. The molecule has 56 heavy (non-hydrogen) atoms. The summed E-state index contributed by atoms with van der Waals surface area (Å²) in [5.74, 6) is 1.18. The number of aromatic nitrogens is 3. The van der Waals surface area contributed by atoms with Gasteiger partial charge in [-0.2, -0.15) is 0 Å². The molecule has 1 fully saturated rings. The third kappa shape index (κ3) is 9.16. The maximum atomic E-state index is 12.7. The number of aliphatic hydroxyl groups excluding tert-OH is 4. The van der Waals surface area contributed by atoms with Crippen LogP contribution in [0.3, 0.4) is 0 Å². The molecular formula is C41H51N7O8. The molecule has 5 aromatic rings. The van der Waals surface area contributed by atoms with Gasteiger partial charge in [-0.25, -0.2) is 9.97 Å². The van der Waals surface area contributed by atoms with Gasteiger partial charge in [-0.05, 0) is 61.5 Å². The molecule has 1 aliphatic heterocycles. The van der Waals surface area contributed by atoms with E-state index in [0.29, 0.717) is 34.5 Å². The topological polar surface area (TPSA) is 218 Å².